The summed E-state index contributed by atoms with van der Waals surface area (Å²) in [6.07, 6.45) is -0.548. The van der Waals surface area contributed by atoms with E-state index in [1.54, 1.807) is 13.3 Å². The Morgan fingerprint density at radius 1 is 1.43 bits per heavy atom. The van der Waals surface area contributed by atoms with Crippen LogP contribution in [0.5, 0.6) is 0 Å². The first-order valence-electron chi connectivity index (χ1n) is 4.85. The van der Waals surface area contributed by atoms with Crippen molar-refractivity contribution in [1.82, 2.24) is 0 Å². The van der Waals surface area contributed by atoms with Gasteiger partial charge in [-0.15, -0.1) is 0 Å². The molecule has 0 aliphatic carbocycles. The zero-order chi connectivity index (χ0) is 10.9. The average molecular weight is 222 g/mol. The Labute approximate surface area is 85.1 Å². The molecule has 1 saturated heterocycles. The molecule has 1 aliphatic heterocycles. The van der Waals surface area contributed by atoms with Gasteiger partial charge in [0.1, 0.15) is 6.10 Å². The lowest BCUT2D eigenvalue weighted by Crippen LogP contribution is -2.30. The first-order valence-corrected chi connectivity index (χ1v) is 7.37. The molecule has 0 spiro atoms. The molecule has 0 bridgehead atoms. The summed E-state index contributed by atoms with van der Waals surface area (Å²) >= 11 is 0. The summed E-state index contributed by atoms with van der Waals surface area (Å²) in [5.41, 5.74) is 0. The normalized spacial score (nSPS) is 38.9. The zero-order valence-corrected chi connectivity index (χ0v) is 10.0. The molecule has 0 amide bonds. The van der Waals surface area contributed by atoms with Gasteiger partial charge in [-0.05, 0) is 6.92 Å². The molecule has 0 saturated carbocycles. The monoisotopic (exact) mass is 222 g/mol. The Morgan fingerprint density at radius 2 is 2.00 bits per heavy atom. The molecule has 4 atom stereocenters. The fraction of sp³-hybridized carbons (Fsp3) is 1.00. The number of rotatable bonds is 3. The number of hydrogen-bond donors (Lipinski definition) is 1. The summed E-state index contributed by atoms with van der Waals surface area (Å²) in [4.78, 5) is 0. The van der Waals surface area contributed by atoms with E-state index >= 15 is 0 Å². The largest absolute Gasteiger partial charge is 0.394 e. The van der Waals surface area contributed by atoms with Crippen LogP contribution in [0.25, 0.3) is 0 Å². The maximum absolute atomic E-state index is 11.5. The van der Waals surface area contributed by atoms with Crippen molar-refractivity contribution in [2.75, 3.05) is 19.9 Å². The minimum absolute atomic E-state index is 0.0451. The molecule has 1 fully saturated rings. The van der Waals surface area contributed by atoms with Gasteiger partial charge in [0, 0.05) is 19.2 Å². The van der Waals surface area contributed by atoms with Gasteiger partial charge in [-0.25, -0.2) is 0 Å². The van der Waals surface area contributed by atoms with E-state index in [4.69, 9.17) is 14.4 Å². The van der Waals surface area contributed by atoms with Crippen molar-refractivity contribution in [3.8, 4) is 0 Å². The van der Waals surface area contributed by atoms with Crippen LogP contribution in [-0.2, 0) is 13.8 Å². The van der Waals surface area contributed by atoms with Crippen molar-refractivity contribution in [1.29, 1.82) is 0 Å². The van der Waals surface area contributed by atoms with E-state index in [1.807, 2.05) is 13.8 Å². The van der Waals surface area contributed by atoms with Crippen LogP contribution >= 0.6 is 7.37 Å². The molecule has 0 radical (unpaired) electrons. The highest BCUT2D eigenvalue weighted by atomic mass is 31.2. The Kier molecular flexibility index (Phi) is 3.75. The van der Waals surface area contributed by atoms with Gasteiger partial charge in [0.15, 0.2) is 7.37 Å². The van der Waals surface area contributed by atoms with Gasteiger partial charge < -0.3 is 14.4 Å². The van der Waals surface area contributed by atoms with Crippen LogP contribution in [-0.4, -0.2) is 43.4 Å². The molecule has 1 N–H and O–H groups in total. The van der Waals surface area contributed by atoms with Gasteiger partial charge in [0.05, 0.1) is 18.8 Å². The second-order valence-corrected chi connectivity index (χ2v) is 6.96. The molecule has 0 aromatic heterocycles. The molecule has 1 rings (SSSR count). The number of hydrogen-bond acceptors (Lipinski definition) is 4. The third kappa shape index (κ3) is 2.80. The van der Waals surface area contributed by atoms with Crippen LogP contribution in [0.4, 0.5) is 0 Å². The topological polar surface area (TPSA) is 55.8 Å². The molecule has 14 heavy (non-hydrogen) atoms. The predicted octanol–water partition coefficient (Wildman–Crippen LogP) is 1.32. The summed E-state index contributed by atoms with van der Waals surface area (Å²) < 4.78 is 22.5. The van der Waals surface area contributed by atoms with E-state index in [2.05, 4.69) is 0 Å². The second-order valence-electron chi connectivity index (χ2n) is 4.24. The quantitative estimate of drug-likeness (QED) is 0.732. The van der Waals surface area contributed by atoms with Crippen molar-refractivity contribution >= 4 is 7.37 Å². The second kappa shape index (κ2) is 4.31. The molecule has 1 aliphatic rings. The average Bonchev–Trinajstić information content (AvgIpc) is 2.30. The fourth-order valence-electron chi connectivity index (χ4n) is 1.69. The third-order valence-electron chi connectivity index (χ3n) is 2.57. The summed E-state index contributed by atoms with van der Waals surface area (Å²) in [7, 11) is -2.52. The van der Waals surface area contributed by atoms with Crippen LogP contribution in [0.15, 0.2) is 0 Å². The maximum atomic E-state index is 11.5. The van der Waals surface area contributed by atoms with Crippen molar-refractivity contribution < 1.29 is 18.9 Å². The van der Waals surface area contributed by atoms with Crippen LogP contribution in [0.2, 0.25) is 0 Å². The molecule has 5 heteroatoms. The highest BCUT2D eigenvalue weighted by molar-refractivity contribution is 7.57. The molecule has 84 valence electrons. The third-order valence-corrected chi connectivity index (χ3v) is 3.32. The van der Waals surface area contributed by atoms with Gasteiger partial charge >= 0.3 is 0 Å². The number of aliphatic hydroxyl groups is 1. The molecular weight excluding hydrogens is 203 g/mol. The highest BCUT2D eigenvalue weighted by Crippen LogP contribution is 2.44. The van der Waals surface area contributed by atoms with Crippen LogP contribution in [0.1, 0.15) is 13.8 Å². The fourth-order valence-corrected chi connectivity index (χ4v) is 2.60. The van der Waals surface area contributed by atoms with E-state index in [0.29, 0.717) is 0 Å². The SMILES string of the molecule is CC1[C@H](C)O[C@H](CO)[C@@H]1OP(C)(C)=O. The summed E-state index contributed by atoms with van der Waals surface area (Å²) in [6.45, 7) is 7.00. The van der Waals surface area contributed by atoms with Crippen molar-refractivity contribution in [2.24, 2.45) is 5.92 Å². The van der Waals surface area contributed by atoms with E-state index in [0.717, 1.165) is 0 Å². The first-order chi connectivity index (χ1) is 6.35. The zero-order valence-electron chi connectivity index (χ0n) is 9.14. The lowest BCUT2D eigenvalue weighted by atomic mass is 10.00. The van der Waals surface area contributed by atoms with Gasteiger partial charge in [-0.1, -0.05) is 6.92 Å². The van der Waals surface area contributed by atoms with E-state index < -0.39 is 7.37 Å². The molecule has 1 unspecified atom stereocenters. The molecule has 0 aromatic carbocycles. The Bertz CT molecular complexity index is 237. The van der Waals surface area contributed by atoms with E-state index in [1.165, 1.54) is 0 Å². The standard InChI is InChI=1S/C9H19O4P/c1-6-7(2)12-8(5-10)9(6)13-14(3,4)11/h6-10H,5H2,1-4H3/t6?,7-,8+,9+/m0/s1. The van der Waals surface area contributed by atoms with Crippen LogP contribution in [0.3, 0.4) is 0 Å². The van der Waals surface area contributed by atoms with E-state index in [9.17, 15) is 4.57 Å². The van der Waals surface area contributed by atoms with Crippen molar-refractivity contribution in [2.45, 2.75) is 32.2 Å². The van der Waals surface area contributed by atoms with E-state index in [-0.39, 0.29) is 30.8 Å². The first kappa shape index (κ1) is 12.2. The highest BCUT2D eigenvalue weighted by Gasteiger charge is 2.41. The summed E-state index contributed by atoms with van der Waals surface area (Å²) in [6, 6.07) is 0. The van der Waals surface area contributed by atoms with Gasteiger partial charge in [-0.3, -0.25) is 4.57 Å². The Hall–Kier alpha value is 0.110. The lowest BCUT2D eigenvalue weighted by Gasteiger charge is -2.22. The number of ether oxygens (including phenoxy) is 1. The number of aliphatic hydroxyl groups excluding tert-OH is 1. The minimum atomic E-state index is -2.52. The molecule has 4 nitrogen and oxygen atoms in total. The Balaban J connectivity index is 2.69. The minimum Gasteiger partial charge on any atom is -0.394 e. The van der Waals surface area contributed by atoms with Crippen LogP contribution in [0, 0.1) is 5.92 Å². The maximum Gasteiger partial charge on any atom is 0.197 e. The smallest absolute Gasteiger partial charge is 0.197 e. The van der Waals surface area contributed by atoms with Crippen molar-refractivity contribution in [3.05, 3.63) is 0 Å². The van der Waals surface area contributed by atoms with Gasteiger partial charge in [0.2, 0.25) is 0 Å². The molecular formula is C9H19O4P. The predicted molar refractivity (Wildman–Crippen MR) is 54.9 cm³/mol. The van der Waals surface area contributed by atoms with Gasteiger partial charge in [0.25, 0.3) is 0 Å². The van der Waals surface area contributed by atoms with Gasteiger partial charge in [-0.2, -0.15) is 0 Å². The summed E-state index contributed by atoms with van der Waals surface area (Å²) in [5, 5.41) is 9.07. The van der Waals surface area contributed by atoms with Crippen LogP contribution < -0.4 is 0 Å². The molecule has 0 aromatic rings. The molecule has 1 heterocycles. The summed E-state index contributed by atoms with van der Waals surface area (Å²) in [5.74, 6) is 0.167. The Morgan fingerprint density at radius 3 is 2.43 bits per heavy atom. The van der Waals surface area contributed by atoms with Crippen molar-refractivity contribution in [3.63, 3.8) is 0 Å². The lowest BCUT2D eigenvalue weighted by molar-refractivity contribution is -0.00998.